The van der Waals surface area contributed by atoms with Crippen LogP contribution in [0.5, 0.6) is 0 Å². The molecule has 0 atom stereocenters. The van der Waals surface area contributed by atoms with E-state index in [1.165, 1.54) is 40.9 Å². The molecule has 1 aromatic heterocycles. The van der Waals surface area contributed by atoms with Crippen LogP contribution >= 0.6 is 11.3 Å². The summed E-state index contributed by atoms with van der Waals surface area (Å²) in [5, 5.41) is 12.6. The highest BCUT2D eigenvalue weighted by molar-refractivity contribution is 7.15. The number of amides is 1. The third kappa shape index (κ3) is 4.17. The average molecular weight is 363 g/mol. The van der Waals surface area contributed by atoms with Crippen molar-refractivity contribution in [3.63, 3.8) is 0 Å². The van der Waals surface area contributed by atoms with Crippen LogP contribution in [-0.4, -0.2) is 16.1 Å². The summed E-state index contributed by atoms with van der Waals surface area (Å²) in [7, 11) is 0. The van der Waals surface area contributed by atoms with Gasteiger partial charge in [0.15, 0.2) is 0 Å². The molecular weight excluding hydrogens is 342 g/mol. The predicted octanol–water partition coefficient (Wildman–Crippen LogP) is 4.19. The lowest BCUT2D eigenvalue weighted by atomic mass is 9.90. The summed E-state index contributed by atoms with van der Waals surface area (Å²) in [6.07, 6.45) is 5.92. The van der Waals surface area contributed by atoms with Gasteiger partial charge in [0, 0.05) is 6.42 Å². The van der Waals surface area contributed by atoms with Gasteiger partial charge in [-0.2, -0.15) is 0 Å². The van der Waals surface area contributed by atoms with E-state index >= 15 is 0 Å². The van der Waals surface area contributed by atoms with E-state index in [4.69, 9.17) is 0 Å². The van der Waals surface area contributed by atoms with E-state index in [2.05, 4.69) is 45.8 Å². The molecule has 0 saturated carbocycles. The molecule has 0 fully saturated rings. The molecule has 0 bridgehead atoms. The van der Waals surface area contributed by atoms with Crippen molar-refractivity contribution in [1.29, 1.82) is 0 Å². The standard InChI is InChI=1S/C21H21N3OS/c25-19(13-16-10-11-17-8-4-5-9-18(17)12-16)22-21-24-23-20(26-21)14-15-6-2-1-3-7-15/h1-3,6-7,10-12H,4-5,8-9,13-14H2,(H,22,24,25). The highest BCUT2D eigenvalue weighted by Crippen LogP contribution is 2.23. The van der Waals surface area contributed by atoms with Crippen LogP contribution in [0.15, 0.2) is 48.5 Å². The maximum absolute atomic E-state index is 12.3. The van der Waals surface area contributed by atoms with Gasteiger partial charge < -0.3 is 5.32 Å². The minimum atomic E-state index is -0.0387. The molecule has 26 heavy (non-hydrogen) atoms. The summed E-state index contributed by atoms with van der Waals surface area (Å²) in [6, 6.07) is 16.6. The fourth-order valence-corrected chi connectivity index (χ4v) is 4.18. The average Bonchev–Trinajstić information content (AvgIpc) is 3.09. The first-order valence-corrected chi connectivity index (χ1v) is 9.85. The van der Waals surface area contributed by atoms with E-state index in [0.717, 1.165) is 29.8 Å². The number of aryl methyl sites for hydroxylation is 2. The number of nitrogens with zero attached hydrogens (tertiary/aromatic N) is 2. The zero-order valence-electron chi connectivity index (χ0n) is 14.6. The van der Waals surface area contributed by atoms with E-state index in [0.29, 0.717) is 11.6 Å². The number of hydrogen-bond acceptors (Lipinski definition) is 4. The van der Waals surface area contributed by atoms with Crippen molar-refractivity contribution in [2.45, 2.75) is 38.5 Å². The van der Waals surface area contributed by atoms with E-state index in [9.17, 15) is 4.79 Å². The maximum Gasteiger partial charge on any atom is 0.230 e. The van der Waals surface area contributed by atoms with Crippen LogP contribution in [0.4, 0.5) is 5.13 Å². The zero-order chi connectivity index (χ0) is 17.8. The van der Waals surface area contributed by atoms with E-state index in [1.807, 2.05) is 18.2 Å². The monoisotopic (exact) mass is 363 g/mol. The molecule has 1 aliphatic rings. The summed E-state index contributed by atoms with van der Waals surface area (Å²) < 4.78 is 0. The Bertz CT molecular complexity index is 905. The van der Waals surface area contributed by atoms with Gasteiger partial charge in [-0.25, -0.2) is 0 Å². The molecule has 3 aromatic rings. The summed E-state index contributed by atoms with van der Waals surface area (Å²) in [4.78, 5) is 12.3. The summed E-state index contributed by atoms with van der Waals surface area (Å²) in [6.45, 7) is 0. The van der Waals surface area contributed by atoms with Gasteiger partial charge in [-0.1, -0.05) is 59.9 Å². The Morgan fingerprint density at radius 2 is 1.77 bits per heavy atom. The largest absolute Gasteiger partial charge is 0.300 e. The van der Waals surface area contributed by atoms with Crippen molar-refractivity contribution >= 4 is 22.4 Å². The topological polar surface area (TPSA) is 54.9 Å². The molecule has 0 unspecified atom stereocenters. The second-order valence-electron chi connectivity index (χ2n) is 6.70. The second kappa shape index (κ2) is 7.79. The molecule has 2 aromatic carbocycles. The Labute approximate surface area is 157 Å². The number of anilines is 1. The Balaban J connectivity index is 1.36. The normalized spacial score (nSPS) is 13.2. The van der Waals surface area contributed by atoms with Crippen molar-refractivity contribution in [1.82, 2.24) is 10.2 Å². The van der Waals surface area contributed by atoms with Crippen molar-refractivity contribution in [2.75, 3.05) is 5.32 Å². The summed E-state index contributed by atoms with van der Waals surface area (Å²) in [5.74, 6) is -0.0387. The Morgan fingerprint density at radius 3 is 2.62 bits per heavy atom. The molecule has 1 heterocycles. The quantitative estimate of drug-likeness (QED) is 0.739. The fraction of sp³-hybridized carbons (Fsp3) is 0.286. The van der Waals surface area contributed by atoms with Crippen LogP contribution in [0, 0.1) is 0 Å². The van der Waals surface area contributed by atoms with Crippen LogP contribution in [0.2, 0.25) is 0 Å². The van der Waals surface area contributed by atoms with Crippen LogP contribution in [0.3, 0.4) is 0 Å². The first-order valence-electron chi connectivity index (χ1n) is 9.03. The SMILES string of the molecule is O=C(Cc1ccc2c(c1)CCCC2)Nc1nnc(Cc2ccccc2)s1. The number of benzene rings is 2. The summed E-state index contributed by atoms with van der Waals surface area (Å²) in [5.41, 5.74) is 5.10. The maximum atomic E-state index is 12.3. The number of carbonyl (C=O) groups excluding carboxylic acids is 1. The van der Waals surface area contributed by atoms with Crippen LogP contribution < -0.4 is 5.32 Å². The lowest BCUT2D eigenvalue weighted by molar-refractivity contribution is -0.115. The first kappa shape index (κ1) is 16.9. The number of rotatable bonds is 5. The Kier molecular flexibility index (Phi) is 5.07. The van der Waals surface area contributed by atoms with Crippen LogP contribution in [-0.2, 0) is 30.5 Å². The predicted molar refractivity (Wildman–Crippen MR) is 105 cm³/mol. The van der Waals surface area contributed by atoms with E-state index < -0.39 is 0 Å². The number of fused-ring (bicyclic) bond motifs is 1. The van der Waals surface area contributed by atoms with Gasteiger partial charge in [0.2, 0.25) is 11.0 Å². The van der Waals surface area contributed by atoms with Gasteiger partial charge in [0.1, 0.15) is 5.01 Å². The lowest BCUT2D eigenvalue weighted by Crippen LogP contribution is -2.15. The fourth-order valence-electron chi connectivity index (χ4n) is 3.39. The minimum Gasteiger partial charge on any atom is -0.300 e. The number of nitrogens with one attached hydrogen (secondary N) is 1. The summed E-state index contributed by atoms with van der Waals surface area (Å²) >= 11 is 1.44. The molecule has 0 aliphatic heterocycles. The number of carbonyl (C=O) groups is 1. The molecule has 1 amide bonds. The van der Waals surface area contributed by atoms with Crippen LogP contribution in [0.1, 0.15) is 40.1 Å². The smallest absolute Gasteiger partial charge is 0.230 e. The van der Waals surface area contributed by atoms with Crippen molar-refractivity contribution in [3.05, 3.63) is 75.8 Å². The van der Waals surface area contributed by atoms with Gasteiger partial charge in [-0.3, -0.25) is 4.79 Å². The number of aromatic nitrogens is 2. The second-order valence-corrected chi connectivity index (χ2v) is 7.76. The molecule has 4 nitrogen and oxygen atoms in total. The molecule has 0 saturated heterocycles. The molecule has 4 rings (SSSR count). The van der Waals surface area contributed by atoms with Gasteiger partial charge in [-0.05, 0) is 47.9 Å². The van der Waals surface area contributed by atoms with Crippen molar-refractivity contribution in [3.8, 4) is 0 Å². The molecule has 5 heteroatoms. The van der Waals surface area contributed by atoms with Gasteiger partial charge in [-0.15, -0.1) is 10.2 Å². The van der Waals surface area contributed by atoms with E-state index in [-0.39, 0.29) is 5.91 Å². The molecular formula is C21H21N3OS. The molecule has 1 aliphatic carbocycles. The van der Waals surface area contributed by atoms with E-state index in [1.54, 1.807) is 0 Å². The lowest BCUT2D eigenvalue weighted by Gasteiger charge is -2.16. The molecule has 0 radical (unpaired) electrons. The minimum absolute atomic E-state index is 0.0387. The molecule has 1 N–H and O–H groups in total. The van der Waals surface area contributed by atoms with Crippen molar-refractivity contribution < 1.29 is 4.79 Å². The molecule has 0 spiro atoms. The highest BCUT2D eigenvalue weighted by Gasteiger charge is 2.13. The number of hydrogen-bond donors (Lipinski definition) is 1. The highest BCUT2D eigenvalue weighted by atomic mass is 32.1. The van der Waals surface area contributed by atoms with Crippen LogP contribution in [0.25, 0.3) is 0 Å². The Morgan fingerprint density at radius 1 is 0.962 bits per heavy atom. The zero-order valence-corrected chi connectivity index (χ0v) is 15.4. The van der Waals surface area contributed by atoms with Gasteiger partial charge >= 0.3 is 0 Å². The first-order chi connectivity index (χ1) is 12.8. The Hall–Kier alpha value is -2.53. The van der Waals surface area contributed by atoms with Gasteiger partial charge in [0.25, 0.3) is 0 Å². The third-order valence-corrected chi connectivity index (χ3v) is 5.53. The third-order valence-electron chi connectivity index (χ3n) is 4.69. The van der Waals surface area contributed by atoms with Gasteiger partial charge in [0.05, 0.1) is 6.42 Å². The van der Waals surface area contributed by atoms with Crippen molar-refractivity contribution in [2.24, 2.45) is 0 Å². The molecule has 132 valence electrons.